The first-order valence-corrected chi connectivity index (χ1v) is 4.65. The number of rotatable bonds is 4. The van der Waals surface area contributed by atoms with E-state index in [1.807, 2.05) is 20.1 Å². The van der Waals surface area contributed by atoms with E-state index in [1.54, 1.807) is 11.8 Å². The molecular weight excluding hydrogens is 162 g/mol. The van der Waals surface area contributed by atoms with E-state index in [-0.39, 0.29) is 4.75 Å². The maximum absolute atomic E-state index is 10.4. The minimum atomic E-state index is -0.924. The standard InChI is InChI=1S/C7H15NO2S/c1-7(2,11-3)4-5(8)6(9)10/h5H,4,8H2,1-3H3,(H,9,10)/t5-/m0/s1. The van der Waals surface area contributed by atoms with Crippen LogP contribution in [0.2, 0.25) is 0 Å². The third-order valence-corrected chi connectivity index (χ3v) is 2.85. The van der Waals surface area contributed by atoms with Gasteiger partial charge in [-0.05, 0) is 12.7 Å². The molecule has 1 atom stereocenters. The van der Waals surface area contributed by atoms with Gasteiger partial charge in [-0.1, -0.05) is 13.8 Å². The quantitative estimate of drug-likeness (QED) is 0.670. The normalized spacial score (nSPS) is 14.5. The predicted octanol–water partition coefficient (Wildman–Crippen LogP) is 0.930. The number of hydrogen-bond acceptors (Lipinski definition) is 3. The van der Waals surface area contributed by atoms with Gasteiger partial charge in [-0.3, -0.25) is 4.79 Å². The summed E-state index contributed by atoms with van der Waals surface area (Å²) in [6.45, 7) is 3.97. The zero-order valence-electron chi connectivity index (χ0n) is 7.13. The van der Waals surface area contributed by atoms with Gasteiger partial charge in [0.05, 0.1) is 0 Å². The van der Waals surface area contributed by atoms with Crippen LogP contribution >= 0.6 is 11.8 Å². The van der Waals surface area contributed by atoms with Crippen LogP contribution in [-0.4, -0.2) is 28.1 Å². The van der Waals surface area contributed by atoms with Gasteiger partial charge in [-0.25, -0.2) is 0 Å². The molecule has 0 fully saturated rings. The van der Waals surface area contributed by atoms with Gasteiger partial charge in [0.1, 0.15) is 6.04 Å². The minimum Gasteiger partial charge on any atom is -0.480 e. The molecule has 0 aromatic carbocycles. The Labute approximate surface area is 71.3 Å². The van der Waals surface area contributed by atoms with Crippen LogP contribution in [0.1, 0.15) is 20.3 Å². The van der Waals surface area contributed by atoms with E-state index in [9.17, 15) is 4.79 Å². The van der Waals surface area contributed by atoms with Crippen molar-refractivity contribution < 1.29 is 9.90 Å². The molecule has 0 aromatic rings. The van der Waals surface area contributed by atoms with Crippen LogP contribution in [0.25, 0.3) is 0 Å². The van der Waals surface area contributed by atoms with Crippen molar-refractivity contribution in [3.8, 4) is 0 Å². The molecular formula is C7H15NO2S. The number of nitrogens with two attached hydrogens (primary N) is 1. The van der Waals surface area contributed by atoms with Crippen LogP contribution in [0.15, 0.2) is 0 Å². The van der Waals surface area contributed by atoms with Crippen LogP contribution < -0.4 is 5.73 Å². The predicted molar refractivity (Wildman–Crippen MR) is 47.8 cm³/mol. The summed E-state index contributed by atoms with van der Waals surface area (Å²) in [5.41, 5.74) is 5.37. The molecule has 3 N–H and O–H groups in total. The fraction of sp³-hybridized carbons (Fsp3) is 0.857. The van der Waals surface area contributed by atoms with Gasteiger partial charge in [-0.15, -0.1) is 0 Å². The maximum Gasteiger partial charge on any atom is 0.320 e. The first-order valence-electron chi connectivity index (χ1n) is 3.42. The largest absolute Gasteiger partial charge is 0.480 e. The Hall–Kier alpha value is -0.220. The van der Waals surface area contributed by atoms with Crippen molar-refractivity contribution in [3.05, 3.63) is 0 Å². The lowest BCUT2D eigenvalue weighted by Crippen LogP contribution is -2.36. The van der Waals surface area contributed by atoms with Crippen molar-refractivity contribution >= 4 is 17.7 Å². The highest BCUT2D eigenvalue weighted by Crippen LogP contribution is 2.25. The van der Waals surface area contributed by atoms with Crippen molar-refractivity contribution in [1.29, 1.82) is 0 Å². The average Bonchev–Trinajstić information content (AvgIpc) is 1.87. The molecule has 0 spiro atoms. The number of carboxylic acid groups (broad SMARTS) is 1. The van der Waals surface area contributed by atoms with Crippen molar-refractivity contribution in [1.82, 2.24) is 0 Å². The maximum atomic E-state index is 10.4. The van der Waals surface area contributed by atoms with Crippen molar-refractivity contribution in [2.75, 3.05) is 6.26 Å². The molecule has 0 saturated carbocycles. The number of carbonyl (C=O) groups is 1. The Balaban J connectivity index is 3.93. The van der Waals surface area contributed by atoms with Gasteiger partial charge < -0.3 is 10.8 Å². The molecule has 0 aliphatic rings. The second kappa shape index (κ2) is 3.97. The fourth-order valence-corrected chi connectivity index (χ4v) is 1.05. The molecule has 3 nitrogen and oxygen atoms in total. The summed E-state index contributed by atoms with van der Waals surface area (Å²) in [5, 5.41) is 8.51. The molecule has 4 heteroatoms. The van der Waals surface area contributed by atoms with Gasteiger partial charge in [-0.2, -0.15) is 11.8 Å². The summed E-state index contributed by atoms with van der Waals surface area (Å²) >= 11 is 1.63. The Kier molecular flexibility index (Phi) is 3.89. The summed E-state index contributed by atoms with van der Waals surface area (Å²) in [7, 11) is 0. The SMILES string of the molecule is CSC(C)(C)C[C@H](N)C(=O)O. The monoisotopic (exact) mass is 177 g/mol. The number of carboxylic acids is 1. The lowest BCUT2D eigenvalue weighted by Gasteiger charge is -2.23. The Morgan fingerprint density at radius 1 is 1.73 bits per heavy atom. The fourth-order valence-electron chi connectivity index (χ4n) is 0.700. The molecule has 0 aliphatic heterocycles. The zero-order chi connectivity index (χ0) is 9.07. The van der Waals surface area contributed by atoms with E-state index in [1.165, 1.54) is 0 Å². The second-order valence-corrected chi connectivity index (χ2v) is 4.63. The van der Waals surface area contributed by atoms with Gasteiger partial charge in [0.15, 0.2) is 0 Å². The third-order valence-electron chi connectivity index (χ3n) is 1.58. The zero-order valence-corrected chi connectivity index (χ0v) is 7.94. The highest BCUT2D eigenvalue weighted by molar-refractivity contribution is 7.99. The van der Waals surface area contributed by atoms with E-state index < -0.39 is 12.0 Å². The topological polar surface area (TPSA) is 63.3 Å². The van der Waals surface area contributed by atoms with E-state index in [0.717, 1.165) is 0 Å². The summed E-state index contributed by atoms with van der Waals surface area (Å²) in [6.07, 6.45) is 2.46. The summed E-state index contributed by atoms with van der Waals surface area (Å²) in [4.78, 5) is 10.4. The van der Waals surface area contributed by atoms with Crippen LogP contribution in [0.5, 0.6) is 0 Å². The van der Waals surface area contributed by atoms with Crippen LogP contribution in [0.4, 0.5) is 0 Å². The Morgan fingerprint density at radius 2 is 2.18 bits per heavy atom. The molecule has 0 rings (SSSR count). The number of aliphatic carboxylic acids is 1. The average molecular weight is 177 g/mol. The highest BCUT2D eigenvalue weighted by Gasteiger charge is 2.23. The molecule has 0 heterocycles. The summed E-state index contributed by atoms with van der Waals surface area (Å²) in [6, 6.07) is -0.738. The first kappa shape index (κ1) is 10.8. The summed E-state index contributed by atoms with van der Waals surface area (Å²) < 4.78 is -0.0438. The molecule has 0 bridgehead atoms. The molecule has 0 aromatic heterocycles. The van der Waals surface area contributed by atoms with E-state index in [0.29, 0.717) is 6.42 Å². The lowest BCUT2D eigenvalue weighted by molar-refractivity contribution is -0.138. The molecule has 0 unspecified atom stereocenters. The van der Waals surface area contributed by atoms with Crippen molar-refractivity contribution in [2.24, 2.45) is 5.73 Å². The Morgan fingerprint density at radius 3 is 2.45 bits per heavy atom. The van der Waals surface area contributed by atoms with Gasteiger partial charge >= 0.3 is 5.97 Å². The van der Waals surface area contributed by atoms with Gasteiger partial charge in [0, 0.05) is 4.75 Å². The van der Waals surface area contributed by atoms with E-state index >= 15 is 0 Å². The lowest BCUT2D eigenvalue weighted by atomic mass is 10.0. The number of hydrogen-bond donors (Lipinski definition) is 2. The van der Waals surface area contributed by atoms with E-state index in [4.69, 9.17) is 10.8 Å². The van der Waals surface area contributed by atoms with Gasteiger partial charge in [0.2, 0.25) is 0 Å². The molecule has 0 saturated heterocycles. The van der Waals surface area contributed by atoms with Crippen molar-refractivity contribution in [2.45, 2.75) is 31.1 Å². The molecule has 0 aliphatic carbocycles. The van der Waals surface area contributed by atoms with Crippen LogP contribution in [-0.2, 0) is 4.79 Å². The Bertz CT molecular complexity index is 147. The van der Waals surface area contributed by atoms with E-state index in [2.05, 4.69) is 0 Å². The number of thioether (sulfide) groups is 1. The highest BCUT2D eigenvalue weighted by atomic mass is 32.2. The summed E-state index contributed by atoms with van der Waals surface area (Å²) in [5.74, 6) is -0.924. The first-order chi connectivity index (χ1) is 4.89. The second-order valence-electron chi connectivity index (χ2n) is 3.11. The minimum absolute atomic E-state index is 0.0438. The third kappa shape index (κ3) is 4.27. The van der Waals surface area contributed by atoms with Crippen LogP contribution in [0, 0.1) is 0 Å². The van der Waals surface area contributed by atoms with Gasteiger partial charge in [0.25, 0.3) is 0 Å². The van der Waals surface area contributed by atoms with Crippen LogP contribution in [0.3, 0.4) is 0 Å². The smallest absolute Gasteiger partial charge is 0.320 e. The molecule has 0 radical (unpaired) electrons. The molecule has 66 valence electrons. The molecule has 11 heavy (non-hydrogen) atoms. The van der Waals surface area contributed by atoms with Crippen molar-refractivity contribution in [3.63, 3.8) is 0 Å². The molecule has 0 amide bonds.